The molecule has 0 saturated carbocycles. The van der Waals surface area contributed by atoms with Gasteiger partial charge in [-0.05, 0) is 34.5 Å². The van der Waals surface area contributed by atoms with Gasteiger partial charge < -0.3 is 5.11 Å². The lowest BCUT2D eigenvalue weighted by Gasteiger charge is -2.13. The fraction of sp³-hybridized carbons (Fsp3) is 0.0588. The summed E-state index contributed by atoms with van der Waals surface area (Å²) in [7, 11) is 0. The first-order chi connectivity index (χ1) is 9.65. The smallest absolute Gasteiger partial charge is 0.130 e. The minimum Gasteiger partial charge on any atom is -0.384 e. The maximum Gasteiger partial charge on any atom is 0.130 e. The molecule has 0 radical (unpaired) electrons. The second kappa shape index (κ2) is 5.23. The topological polar surface area (TPSA) is 20.2 Å². The third-order valence-electron chi connectivity index (χ3n) is 3.35. The third-order valence-corrected chi connectivity index (χ3v) is 3.58. The van der Waals surface area contributed by atoms with Gasteiger partial charge >= 0.3 is 0 Å². The fourth-order valence-corrected chi connectivity index (χ4v) is 2.44. The lowest BCUT2D eigenvalue weighted by atomic mass is 9.98. The van der Waals surface area contributed by atoms with E-state index >= 15 is 0 Å². The van der Waals surface area contributed by atoms with Gasteiger partial charge in [0.2, 0.25) is 0 Å². The molecule has 0 aliphatic rings. The van der Waals surface area contributed by atoms with Crippen LogP contribution in [0.3, 0.4) is 0 Å². The molecule has 1 N–H and O–H groups in total. The first kappa shape index (κ1) is 13.1. The normalized spacial score (nSPS) is 12.6. The predicted molar refractivity (Wildman–Crippen MR) is 79.4 cm³/mol. The second-order valence-corrected chi connectivity index (χ2v) is 5.11. The molecule has 3 heteroatoms. The van der Waals surface area contributed by atoms with Gasteiger partial charge in [-0.15, -0.1) is 0 Å². The van der Waals surface area contributed by atoms with Gasteiger partial charge in [0, 0.05) is 10.6 Å². The van der Waals surface area contributed by atoms with Gasteiger partial charge in [0.1, 0.15) is 11.9 Å². The summed E-state index contributed by atoms with van der Waals surface area (Å²) in [5.74, 6) is -0.502. The van der Waals surface area contributed by atoms with Crippen molar-refractivity contribution in [3.63, 3.8) is 0 Å². The predicted octanol–water partition coefficient (Wildman–Crippen LogP) is 4.71. The van der Waals surface area contributed by atoms with Gasteiger partial charge in [-0.2, -0.15) is 0 Å². The van der Waals surface area contributed by atoms with Crippen LogP contribution in [0, 0.1) is 5.82 Å². The molecule has 0 amide bonds. The molecule has 1 nitrogen and oxygen atoms in total. The molecule has 0 fully saturated rings. The van der Waals surface area contributed by atoms with Crippen molar-refractivity contribution < 1.29 is 9.50 Å². The molecular weight excluding hydrogens is 275 g/mol. The number of benzene rings is 3. The van der Waals surface area contributed by atoms with Crippen molar-refractivity contribution in [2.24, 2.45) is 0 Å². The Labute approximate surface area is 121 Å². The summed E-state index contributed by atoms with van der Waals surface area (Å²) >= 11 is 5.72. The highest BCUT2D eigenvalue weighted by molar-refractivity contribution is 6.30. The highest BCUT2D eigenvalue weighted by Crippen LogP contribution is 2.28. The van der Waals surface area contributed by atoms with E-state index in [-0.39, 0.29) is 5.56 Å². The van der Waals surface area contributed by atoms with Crippen molar-refractivity contribution >= 4 is 22.4 Å². The van der Waals surface area contributed by atoms with Crippen LogP contribution in [-0.2, 0) is 0 Å². The van der Waals surface area contributed by atoms with Crippen LogP contribution < -0.4 is 0 Å². The molecule has 3 aromatic rings. The number of halogens is 2. The average Bonchev–Trinajstić information content (AvgIpc) is 2.46. The molecule has 0 heterocycles. The van der Waals surface area contributed by atoms with Gasteiger partial charge in [0.25, 0.3) is 0 Å². The highest BCUT2D eigenvalue weighted by Gasteiger charge is 2.15. The Bertz CT molecular complexity index is 770. The van der Waals surface area contributed by atoms with Crippen molar-refractivity contribution in [1.82, 2.24) is 0 Å². The monoisotopic (exact) mass is 286 g/mol. The van der Waals surface area contributed by atoms with Crippen LogP contribution in [0.15, 0.2) is 60.7 Å². The van der Waals surface area contributed by atoms with Crippen molar-refractivity contribution in [3.8, 4) is 0 Å². The summed E-state index contributed by atoms with van der Waals surface area (Å²) in [6.45, 7) is 0. The van der Waals surface area contributed by atoms with Crippen molar-refractivity contribution in [3.05, 3.63) is 82.6 Å². The molecule has 0 saturated heterocycles. The summed E-state index contributed by atoms with van der Waals surface area (Å²) < 4.78 is 13.9. The van der Waals surface area contributed by atoms with Crippen LogP contribution in [0.25, 0.3) is 10.8 Å². The van der Waals surface area contributed by atoms with Gasteiger partial charge in [0.05, 0.1) is 0 Å². The van der Waals surface area contributed by atoms with Gasteiger partial charge in [-0.3, -0.25) is 0 Å². The van der Waals surface area contributed by atoms with E-state index in [0.717, 1.165) is 10.8 Å². The van der Waals surface area contributed by atoms with E-state index in [4.69, 9.17) is 11.6 Å². The standard InChI is InChI=1S/C17H12ClFO/c18-14-7-8-15(16(19)10-14)17(20)13-6-5-11-3-1-2-4-12(11)9-13/h1-10,17,20H. The Hall–Kier alpha value is -1.90. The van der Waals surface area contributed by atoms with E-state index in [1.165, 1.54) is 12.1 Å². The summed E-state index contributed by atoms with van der Waals surface area (Å²) in [6.07, 6.45) is -1.00. The SMILES string of the molecule is OC(c1ccc2ccccc2c1)c1ccc(Cl)cc1F. The van der Waals surface area contributed by atoms with Crippen LogP contribution in [0.1, 0.15) is 17.2 Å². The molecule has 100 valence electrons. The summed E-state index contributed by atoms with van der Waals surface area (Å²) in [6, 6.07) is 17.7. The second-order valence-electron chi connectivity index (χ2n) is 4.67. The Morgan fingerprint density at radius 3 is 2.40 bits per heavy atom. The van der Waals surface area contributed by atoms with E-state index < -0.39 is 11.9 Å². The summed E-state index contributed by atoms with van der Waals surface area (Å²) in [5.41, 5.74) is 0.884. The molecule has 1 unspecified atom stereocenters. The Morgan fingerprint density at radius 2 is 1.65 bits per heavy atom. The number of fused-ring (bicyclic) bond motifs is 1. The van der Waals surface area contributed by atoms with Crippen molar-refractivity contribution in [1.29, 1.82) is 0 Å². The minimum atomic E-state index is -1.00. The lowest BCUT2D eigenvalue weighted by Crippen LogP contribution is -2.02. The Morgan fingerprint density at radius 1 is 0.900 bits per heavy atom. The number of hydrogen-bond acceptors (Lipinski definition) is 1. The molecule has 0 aliphatic carbocycles. The first-order valence-corrected chi connectivity index (χ1v) is 6.64. The van der Waals surface area contributed by atoms with E-state index in [0.29, 0.717) is 10.6 Å². The van der Waals surface area contributed by atoms with Crippen LogP contribution in [0.4, 0.5) is 4.39 Å². The Balaban J connectivity index is 2.05. The third kappa shape index (κ3) is 2.40. The molecule has 0 aliphatic heterocycles. The van der Waals surface area contributed by atoms with Crippen LogP contribution in [0.5, 0.6) is 0 Å². The number of rotatable bonds is 2. The maximum absolute atomic E-state index is 13.9. The minimum absolute atomic E-state index is 0.227. The fourth-order valence-electron chi connectivity index (χ4n) is 2.28. The van der Waals surface area contributed by atoms with Gasteiger partial charge in [-0.25, -0.2) is 4.39 Å². The largest absolute Gasteiger partial charge is 0.384 e. The summed E-state index contributed by atoms with van der Waals surface area (Å²) in [5, 5.41) is 12.8. The van der Waals surface area contributed by atoms with E-state index in [9.17, 15) is 9.50 Å². The van der Waals surface area contributed by atoms with Crippen LogP contribution in [-0.4, -0.2) is 5.11 Å². The molecule has 3 aromatic carbocycles. The number of hydrogen-bond donors (Lipinski definition) is 1. The zero-order valence-corrected chi connectivity index (χ0v) is 11.3. The molecule has 1 atom stereocenters. The molecule has 0 aromatic heterocycles. The van der Waals surface area contributed by atoms with E-state index in [1.54, 1.807) is 12.1 Å². The molecule has 0 spiro atoms. The lowest BCUT2D eigenvalue weighted by molar-refractivity contribution is 0.215. The quantitative estimate of drug-likeness (QED) is 0.723. The molecule has 3 rings (SSSR count). The van der Waals surface area contributed by atoms with Crippen LogP contribution >= 0.6 is 11.6 Å². The average molecular weight is 287 g/mol. The van der Waals surface area contributed by atoms with E-state index in [1.807, 2.05) is 36.4 Å². The maximum atomic E-state index is 13.9. The zero-order chi connectivity index (χ0) is 14.1. The number of aliphatic hydroxyl groups excluding tert-OH is 1. The van der Waals surface area contributed by atoms with Gasteiger partial charge in [-0.1, -0.05) is 54.1 Å². The van der Waals surface area contributed by atoms with Gasteiger partial charge in [0.15, 0.2) is 0 Å². The van der Waals surface area contributed by atoms with Crippen molar-refractivity contribution in [2.75, 3.05) is 0 Å². The van der Waals surface area contributed by atoms with Crippen molar-refractivity contribution in [2.45, 2.75) is 6.10 Å². The van der Waals surface area contributed by atoms with Crippen LogP contribution in [0.2, 0.25) is 5.02 Å². The number of aliphatic hydroxyl groups is 1. The summed E-state index contributed by atoms with van der Waals surface area (Å²) in [4.78, 5) is 0. The first-order valence-electron chi connectivity index (χ1n) is 6.27. The zero-order valence-electron chi connectivity index (χ0n) is 10.6. The van der Waals surface area contributed by atoms with E-state index in [2.05, 4.69) is 0 Å². The molecule has 20 heavy (non-hydrogen) atoms. The Kier molecular flexibility index (Phi) is 3.43. The highest BCUT2D eigenvalue weighted by atomic mass is 35.5. The molecule has 0 bridgehead atoms. The molecular formula is C17H12ClFO.